The molecule has 42 heavy (non-hydrogen) atoms. The van der Waals surface area contributed by atoms with Gasteiger partial charge in [0.1, 0.15) is 18.8 Å². The Bertz CT molecular complexity index is 1210. The lowest BCUT2D eigenvalue weighted by Crippen LogP contribution is -2.58. The minimum Gasteiger partial charge on any atom is -0.447 e. The molecule has 0 radical (unpaired) electrons. The summed E-state index contributed by atoms with van der Waals surface area (Å²) in [6, 6.07) is 9.19. The molecule has 2 amide bonds. The van der Waals surface area contributed by atoms with Gasteiger partial charge in [-0.05, 0) is 58.4 Å². The zero-order valence-corrected chi connectivity index (χ0v) is 24.7. The Morgan fingerprint density at radius 3 is 2.57 bits per heavy atom. The number of carbonyl (C=O) groups is 2. The molecule has 2 bridgehead atoms. The maximum Gasteiger partial charge on any atom is 0.416 e. The summed E-state index contributed by atoms with van der Waals surface area (Å²) >= 11 is 0. The van der Waals surface area contributed by atoms with E-state index in [9.17, 15) is 19.8 Å². The summed E-state index contributed by atoms with van der Waals surface area (Å²) in [7, 11) is 0. The van der Waals surface area contributed by atoms with Crippen molar-refractivity contribution in [2.45, 2.75) is 119 Å². The molecule has 0 aliphatic carbocycles. The highest BCUT2D eigenvalue weighted by Gasteiger charge is 2.64. The lowest BCUT2D eigenvalue weighted by Gasteiger charge is -2.47. The van der Waals surface area contributed by atoms with Gasteiger partial charge in [-0.3, -0.25) is 4.79 Å². The van der Waals surface area contributed by atoms with E-state index in [2.05, 4.69) is 6.58 Å². The SMILES string of the molecule is C=C[C@@]1(C)CC[C@H]([C@@]23CC[C@@](C)(C[C@H]([C@H]4O[C@@](C)([C@@H](O)CO)C[C@@H]4C(=O)N4C(=O)OC[C@@H]4Cc4ccccc4)O2)O3)O1. The van der Waals surface area contributed by atoms with Gasteiger partial charge in [-0.25, -0.2) is 9.69 Å². The highest BCUT2D eigenvalue weighted by Crippen LogP contribution is 2.55. The molecule has 0 saturated carbocycles. The zero-order chi connectivity index (χ0) is 29.9. The van der Waals surface area contributed by atoms with Crippen molar-refractivity contribution in [2.24, 2.45) is 5.92 Å². The zero-order valence-electron chi connectivity index (χ0n) is 24.7. The van der Waals surface area contributed by atoms with Gasteiger partial charge in [-0.1, -0.05) is 36.4 Å². The van der Waals surface area contributed by atoms with Crippen LogP contribution in [0.2, 0.25) is 0 Å². The Labute approximate surface area is 246 Å². The van der Waals surface area contributed by atoms with Crippen molar-refractivity contribution in [2.75, 3.05) is 13.2 Å². The van der Waals surface area contributed by atoms with Gasteiger partial charge in [-0.2, -0.15) is 0 Å². The number of hydrogen-bond acceptors (Lipinski definition) is 9. The number of fused-ring (bicyclic) bond motifs is 2. The number of aliphatic hydroxyl groups is 2. The van der Waals surface area contributed by atoms with Gasteiger partial charge in [0, 0.05) is 12.8 Å². The van der Waals surface area contributed by atoms with E-state index in [0.717, 1.165) is 24.8 Å². The minimum atomic E-state index is -1.23. The highest BCUT2D eigenvalue weighted by atomic mass is 16.8. The molecule has 1 aromatic carbocycles. The fourth-order valence-electron chi connectivity index (χ4n) is 7.62. The molecule has 0 aromatic heterocycles. The molecule has 5 saturated heterocycles. The normalized spacial score (nSPS) is 43.9. The highest BCUT2D eigenvalue weighted by molar-refractivity contribution is 5.95. The Hall–Kier alpha value is -2.34. The quantitative estimate of drug-likeness (QED) is 0.443. The number of cyclic esters (lactones) is 1. The smallest absolute Gasteiger partial charge is 0.416 e. The van der Waals surface area contributed by atoms with Crippen LogP contribution in [0.1, 0.15) is 64.9 Å². The van der Waals surface area contributed by atoms with Crippen LogP contribution in [-0.2, 0) is 34.9 Å². The van der Waals surface area contributed by atoms with Crippen molar-refractivity contribution in [3.8, 4) is 0 Å². The second kappa shape index (κ2) is 10.7. The second-order valence-electron chi connectivity index (χ2n) is 13.4. The number of benzene rings is 1. The van der Waals surface area contributed by atoms with Gasteiger partial charge in [-0.15, -0.1) is 6.58 Å². The standard InChI is InChI=1S/C32H43NO9/c1-5-29(2)12-11-25(40-29)32-14-13-30(3,42-32)17-23(39-32)26-22(16-31(4,41-26)24(35)18-34)27(36)33-21(19-38-28(33)37)15-20-9-7-6-8-10-20/h5-10,21-26,34-35H,1,11-19H2,2-4H3/t21-,22-,23+,24-,25+,26-,29-,30-,31+,32-/m0/s1. The predicted octanol–water partition coefficient (Wildman–Crippen LogP) is 3.27. The number of imide groups is 1. The van der Waals surface area contributed by atoms with Crippen molar-refractivity contribution in [1.29, 1.82) is 0 Å². The van der Waals surface area contributed by atoms with Crippen LogP contribution in [0.25, 0.3) is 0 Å². The Morgan fingerprint density at radius 2 is 1.88 bits per heavy atom. The summed E-state index contributed by atoms with van der Waals surface area (Å²) in [5.74, 6) is -2.24. The first-order valence-corrected chi connectivity index (χ1v) is 15.1. The van der Waals surface area contributed by atoms with Crippen molar-refractivity contribution in [3.05, 3.63) is 48.6 Å². The summed E-state index contributed by atoms with van der Waals surface area (Å²) in [5, 5.41) is 20.6. The first-order valence-electron chi connectivity index (χ1n) is 15.1. The molecule has 10 atom stereocenters. The van der Waals surface area contributed by atoms with E-state index in [1.807, 2.05) is 50.3 Å². The fraction of sp³-hybridized carbons (Fsp3) is 0.688. The number of amides is 2. The molecular formula is C32H43NO9. The third-order valence-electron chi connectivity index (χ3n) is 10.1. The maximum absolute atomic E-state index is 14.3. The fourth-order valence-corrected chi connectivity index (χ4v) is 7.62. The molecular weight excluding hydrogens is 542 g/mol. The molecule has 6 rings (SSSR count). The number of nitrogens with zero attached hydrogens (tertiary/aromatic N) is 1. The van der Waals surface area contributed by atoms with Crippen LogP contribution in [0.5, 0.6) is 0 Å². The first kappa shape index (κ1) is 29.7. The Kier molecular flexibility index (Phi) is 7.56. The van der Waals surface area contributed by atoms with Crippen LogP contribution in [0.15, 0.2) is 43.0 Å². The van der Waals surface area contributed by atoms with Crippen LogP contribution in [0.3, 0.4) is 0 Å². The average molecular weight is 586 g/mol. The van der Waals surface area contributed by atoms with Crippen molar-refractivity contribution < 1.29 is 43.5 Å². The predicted molar refractivity (Wildman–Crippen MR) is 150 cm³/mol. The molecule has 2 N–H and O–H groups in total. The number of carbonyl (C=O) groups excluding carboxylic acids is 2. The third kappa shape index (κ3) is 5.10. The first-order chi connectivity index (χ1) is 19.9. The lowest BCUT2D eigenvalue weighted by molar-refractivity contribution is -0.360. The molecule has 0 unspecified atom stereocenters. The molecule has 5 aliphatic heterocycles. The summed E-state index contributed by atoms with van der Waals surface area (Å²) < 4.78 is 31.7. The van der Waals surface area contributed by atoms with E-state index in [1.54, 1.807) is 6.92 Å². The number of hydrogen-bond donors (Lipinski definition) is 2. The summed E-state index contributed by atoms with van der Waals surface area (Å²) in [6.07, 6.45) is 2.19. The lowest BCUT2D eigenvalue weighted by atomic mass is 9.84. The molecule has 10 nitrogen and oxygen atoms in total. The molecule has 5 aliphatic rings. The number of aliphatic hydroxyl groups excluding tert-OH is 2. The van der Waals surface area contributed by atoms with E-state index >= 15 is 0 Å². The largest absolute Gasteiger partial charge is 0.447 e. The molecule has 5 fully saturated rings. The van der Waals surface area contributed by atoms with Gasteiger partial charge >= 0.3 is 6.09 Å². The summed E-state index contributed by atoms with van der Waals surface area (Å²) in [5.41, 5.74) is -1.24. The Balaban J connectivity index is 1.30. The van der Waals surface area contributed by atoms with Crippen LogP contribution in [0.4, 0.5) is 4.79 Å². The molecule has 1 aromatic rings. The van der Waals surface area contributed by atoms with Gasteiger partial charge in [0.05, 0.1) is 47.6 Å². The summed E-state index contributed by atoms with van der Waals surface area (Å²) in [6.45, 7) is 9.26. The molecule has 230 valence electrons. The van der Waals surface area contributed by atoms with Crippen molar-refractivity contribution >= 4 is 12.0 Å². The minimum absolute atomic E-state index is 0.101. The van der Waals surface area contributed by atoms with Crippen LogP contribution < -0.4 is 0 Å². The summed E-state index contributed by atoms with van der Waals surface area (Å²) in [4.78, 5) is 28.5. The van der Waals surface area contributed by atoms with E-state index in [4.69, 9.17) is 23.7 Å². The number of rotatable bonds is 8. The topological polar surface area (TPSA) is 124 Å². The molecule has 0 spiro atoms. The van der Waals surface area contributed by atoms with Crippen LogP contribution in [-0.4, -0.2) is 93.4 Å². The maximum atomic E-state index is 14.3. The number of ether oxygens (including phenoxy) is 5. The average Bonchev–Trinajstić information content (AvgIpc) is 3.72. The molecule has 10 heteroatoms. The van der Waals surface area contributed by atoms with Crippen LogP contribution in [0, 0.1) is 5.92 Å². The van der Waals surface area contributed by atoms with Crippen molar-refractivity contribution in [1.82, 2.24) is 4.90 Å². The van der Waals surface area contributed by atoms with Crippen molar-refractivity contribution in [3.63, 3.8) is 0 Å². The van der Waals surface area contributed by atoms with E-state index in [0.29, 0.717) is 19.3 Å². The van der Waals surface area contributed by atoms with Crippen LogP contribution >= 0.6 is 0 Å². The van der Waals surface area contributed by atoms with Gasteiger partial charge < -0.3 is 33.9 Å². The monoisotopic (exact) mass is 585 g/mol. The Morgan fingerprint density at radius 1 is 1.12 bits per heavy atom. The molecule has 5 heterocycles. The van der Waals surface area contributed by atoms with E-state index in [-0.39, 0.29) is 19.1 Å². The van der Waals surface area contributed by atoms with Gasteiger partial charge in [0.25, 0.3) is 0 Å². The van der Waals surface area contributed by atoms with Gasteiger partial charge in [0.15, 0.2) is 5.79 Å². The second-order valence-corrected chi connectivity index (χ2v) is 13.4. The van der Waals surface area contributed by atoms with E-state index < -0.39 is 71.5 Å². The van der Waals surface area contributed by atoms with E-state index in [1.165, 1.54) is 4.90 Å². The third-order valence-corrected chi connectivity index (χ3v) is 10.1. The van der Waals surface area contributed by atoms with Gasteiger partial charge in [0.2, 0.25) is 5.91 Å².